The van der Waals surface area contributed by atoms with Crippen molar-refractivity contribution in [3.8, 4) is 22.5 Å². The normalized spacial score (nSPS) is 12.3. The summed E-state index contributed by atoms with van der Waals surface area (Å²) in [5.74, 6) is 0.218. The van der Waals surface area contributed by atoms with Gasteiger partial charge in [0.2, 0.25) is 0 Å². The highest BCUT2D eigenvalue weighted by Crippen LogP contribution is 2.40. The van der Waals surface area contributed by atoms with E-state index in [0.717, 1.165) is 17.2 Å². The lowest BCUT2D eigenvalue weighted by molar-refractivity contribution is -0.137. The zero-order valence-electron chi connectivity index (χ0n) is 17.3. The topological polar surface area (TPSA) is 64.7 Å². The molecule has 0 aliphatic rings. The smallest absolute Gasteiger partial charge is 0.382 e. The van der Waals surface area contributed by atoms with Crippen molar-refractivity contribution >= 4 is 16.6 Å². The fourth-order valence-electron chi connectivity index (χ4n) is 3.73. The fourth-order valence-corrected chi connectivity index (χ4v) is 3.73. The Balaban J connectivity index is 2.02. The SMILES string of the molecule is CC(C)(C)c1ccccc1-c1nnc(N)c2ccc(-c3ncccc3C(F)(F)F)cc12. The Morgan fingerprint density at radius 3 is 2.19 bits per heavy atom. The molecule has 31 heavy (non-hydrogen) atoms. The molecular weight excluding hydrogens is 401 g/mol. The van der Waals surface area contributed by atoms with Crippen LogP contribution in [0.2, 0.25) is 0 Å². The molecule has 2 aromatic carbocycles. The number of pyridine rings is 1. The maximum Gasteiger partial charge on any atom is 0.418 e. The third-order valence-electron chi connectivity index (χ3n) is 5.19. The molecule has 0 saturated heterocycles. The van der Waals surface area contributed by atoms with E-state index in [1.807, 2.05) is 24.3 Å². The van der Waals surface area contributed by atoms with Gasteiger partial charge in [-0.3, -0.25) is 4.98 Å². The van der Waals surface area contributed by atoms with Gasteiger partial charge < -0.3 is 5.73 Å². The second-order valence-corrected chi connectivity index (χ2v) is 8.39. The predicted octanol–water partition coefficient (Wildman–Crippen LogP) is 6.26. The number of hydrogen-bond acceptors (Lipinski definition) is 4. The first-order valence-electron chi connectivity index (χ1n) is 9.76. The number of rotatable bonds is 2. The molecule has 7 heteroatoms. The second kappa shape index (κ2) is 7.34. The van der Waals surface area contributed by atoms with Crippen molar-refractivity contribution in [2.45, 2.75) is 32.4 Å². The highest BCUT2D eigenvalue weighted by atomic mass is 19.4. The number of benzene rings is 2. The highest BCUT2D eigenvalue weighted by molar-refractivity contribution is 6.02. The molecule has 0 saturated carbocycles. The third kappa shape index (κ3) is 3.83. The molecule has 4 rings (SSSR count). The number of anilines is 1. The van der Waals surface area contributed by atoms with E-state index in [1.54, 1.807) is 18.2 Å². The molecule has 4 aromatic rings. The first kappa shape index (κ1) is 20.8. The van der Waals surface area contributed by atoms with Gasteiger partial charge in [-0.1, -0.05) is 51.1 Å². The van der Waals surface area contributed by atoms with Gasteiger partial charge in [-0.15, -0.1) is 10.2 Å². The van der Waals surface area contributed by atoms with Crippen molar-refractivity contribution in [2.24, 2.45) is 0 Å². The molecule has 0 unspecified atom stereocenters. The Morgan fingerprint density at radius 1 is 0.774 bits per heavy atom. The van der Waals surface area contributed by atoms with Crippen molar-refractivity contribution in [1.29, 1.82) is 0 Å². The number of nitrogens with two attached hydrogens (primary N) is 1. The van der Waals surface area contributed by atoms with Crippen LogP contribution >= 0.6 is 0 Å². The van der Waals surface area contributed by atoms with Crippen LogP contribution in [0, 0.1) is 0 Å². The number of nitrogen functional groups attached to an aromatic ring is 1. The molecule has 0 spiro atoms. The van der Waals surface area contributed by atoms with E-state index in [2.05, 4.69) is 36.0 Å². The highest BCUT2D eigenvalue weighted by Gasteiger charge is 2.34. The number of halogens is 3. The minimum absolute atomic E-state index is 0.137. The van der Waals surface area contributed by atoms with Crippen LogP contribution in [0.3, 0.4) is 0 Å². The van der Waals surface area contributed by atoms with Crippen LogP contribution < -0.4 is 5.73 Å². The number of fused-ring (bicyclic) bond motifs is 1. The maximum atomic E-state index is 13.6. The van der Waals surface area contributed by atoms with Crippen molar-refractivity contribution in [2.75, 3.05) is 5.73 Å². The van der Waals surface area contributed by atoms with Crippen LogP contribution in [0.1, 0.15) is 31.9 Å². The van der Waals surface area contributed by atoms with Gasteiger partial charge in [0.25, 0.3) is 0 Å². The molecule has 158 valence electrons. The Kier molecular flexibility index (Phi) is 4.92. The van der Waals surface area contributed by atoms with Gasteiger partial charge in [0, 0.05) is 28.1 Å². The summed E-state index contributed by atoms with van der Waals surface area (Å²) < 4.78 is 40.7. The summed E-state index contributed by atoms with van der Waals surface area (Å²) in [6.45, 7) is 6.27. The molecule has 0 radical (unpaired) electrons. The average molecular weight is 422 g/mol. The molecule has 2 N–H and O–H groups in total. The minimum atomic E-state index is -4.52. The van der Waals surface area contributed by atoms with Crippen LogP contribution in [-0.2, 0) is 11.6 Å². The maximum absolute atomic E-state index is 13.6. The molecule has 0 amide bonds. The van der Waals surface area contributed by atoms with Gasteiger partial charge in [0.05, 0.1) is 11.3 Å². The summed E-state index contributed by atoms with van der Waals surface area (Å²) in [6.07, 6.45) is -3.17. The average Bonchev–Trinajstić information content (AvgIpc) is 2.72. The largest absolute Gasteiger partial charge is 0.418 e. The molecule has 0 aliphatic carbocycles. The monoisotopic (exact) mass is 422 g/mol. The summed E-state index contributed by atoms with van der Waals surface area (Å²) in [4.78, 5) is 4.02. The van der Waals surface area contributed by atoms with E-state index in [4.69, 9.17) is 5.73 Å². The van der Waals surface area contributed by atoms with E-state index in [9.17, 15) is 13.2 Å². The van der Waals surface area contributed by atoms with E-state index >= 15 is 0 Å². The number of alkyl halides is 3. The van der Waals surface area contributed by atoms with Gasteiger partial charge in [0.1, 0.15) is 5.69 Å². The van der Waals surface area contributed by atoms with E-state index in [1.165, 1.54) is 12.3 Å². The van der Waals surface area contributed by atoms with Crippen molar-refractivity contribution < 1.29 is 13.2 Å². The summed E-state index contributed by atoms with van der Waals surface area (Å²) in [5, 5.41) is 9.69. The lowest BCUT2D eigenvalue weighted by Gasteiger charge is -2.23. The van der Waals surface area contributed by atoms with Gasteiger partial charge in [-0.25, -0.2) is 0 Å². The fraction of sp³-hybridized carbons (Fsp3) is 0.208. The third-order valence-corrected chi connectivity index (χ3v) is 5.19. The first-order valence-corrected chi connectivity index (χ1v) is 9.76. The summed E-state index contributed by atoms with van der Waals surface area (Å²) in [5.41, 5.74) is 7.76. The van der Waals surface area contributed by atoms with Gasteiger partial charge >= 0.3 is 6.18 Å². The molecule has 0 aliphatic heterocycles. The van der Waals surface area contributed by atoms with Crippen LogP contribution in [0.5, 0.6) is 0 Å². The van der Waals surface area contributed by atoms with Crippen molar-refractivity contribution in [3.05, 3.63) is 71.9 Å². The Labute approximate surface area is 178 Å². The van der Waals surface area contributed by atoms with E-state index < -0.39 is 11.7 Å². The van der Waals surface area contributed by atoms with E-state index in [-0.39, 0.29) is 16.9 Å². The zero-order chi connectivity index (χ0) is 22.4. The predicted molar refractivity (Wildman–Crippen MR) is 116 cm³/mol. The number of nitrogens with zero attached hydrogens (tertiary/aromatic N) is 3. The minimum Gasteiger partial charge on any atom is -0.382 e. The van der Waals surface area contributed by atoms with Crippen LogP contribution in [0.4, 0.5) is 19.0 Å². The quantitative estimate of drug-likeness (QED) is 0.414. The standard InChI is InChI=1S/C24H21F3N4/c1-23(2,3)18-8-5-4-7-16(18)21-17-13-14(10-11-15(17)22(28)31-30-21)20-19(24(25,26)27)9-6-12-29-20/h4-13H,1-3H3,(H2,28,31). The van der Waals surface area contributed by atoms with Gasteiger partial charge in [-0.2, -0.15) is 13.2 Å². The molecule has 0 bridgehead atoms. The van der Waals surface area contributed by atoms with E-state index in [0.29, 0.717) is 22.0 Å². The van der Waals surface area contributed by atoms with Gasteiger partial charge in [-0.05, 0) is 35.2 Å². The lowest BCUT2D eigenvalue weighted by Crippen LogP contribution is -2.13. The van der Waals surface area contributed by atoms with Crippen LogP contribution in [0.25, 0.3) is 33.3 Å². The molecule has 4 nitrogen and oxygen atoms in total. The number of aromatic nitrogens is 3. The molecule has 0 fully saturated rings. The Bertz CT molecular complexity index is 1270. The Morgan fingerprint density at radius 2 is 1.48 bits per heavy atom. The lowest BCUT2D eigenvalue weighted by atomic mass is 9.82. The summed E-state index contributed by atoms with van der Waals surface area (Å²) >= 11 is 0. The Hall–Kier alpha value is -3.48. The van der Waals surface area contributed by atoms with Gasteiger partial charge in [0.15, 0.2) is 5.82 Å². The second-order valence-electron chi connectivity index (χ2n) is 8.39. The van der Waals surface area contributed by atoms with Crippen LogP contribution in [0.15, 0.2) is 60.8 Å². The zero-order valence-corrected chi connectivity index (χ0v) is 17.3. The molecule has 2 aromatic heterocycles. The van der Waals surface area contributed by atoms with Crippen molar-refractivity contribution in [3.63, 3.8) is 0 Å². The summed E-state index contributed by atoms with van der Waals surface area (Å²) in [7, 11) is 0. The van der Waals surface area contributed by atoms with Crippen LogP contribution in [-0.4, -0.2) is 15.2 Å². The molecule has 2 heterocycles. The molecular formula is C24H21F3N4. The molecule has 0 atom stereocenters. The summed E-state index contributed by atoms with van der Waals surface area (Å²) in [6, 6.07) is 15.0. The number of hydrogen-bond donors (Lipinski definition) is 1. The van der Waals surface area contributed by atoms with Crippen molar-refractivity contribution in [1.82, 2.24) is 15.2 Å². The first-order chi connectivity index (χ1) is 14.6.